The SMILES string of the molecule is Fc1cc(F)c2nc(C(F)F)c3ccccc3c2c1. The molecule has 2 aromatic carbocycles. The Morgan fingerprint density at radius 1 is 0.895 bits per heavy atom. The maximum absolute atomic E-state index is 13.7. The number of rotatable bonds is 1. The third-order valence-corrected chi connectivity index (χ3v) is 2.96. The lowest BCUT2D eigenvalue weighted by molar-refractivity contribution is 0.148. The van der Waals surface area contributed by atoms with Gasteiger partial charge in [0.25, 0.3) is 6.43 Å². The van der Waals surface area contributed by atoms with Gasteiger partial charge in [0.05, 0.1) is 0 Å². The van der Waals surface area contributed by atoms with Crippen LogP contribution in [-0.4, -0.2) is 4.98 Å². The van der Waals surface area contributed by atoms with E-state index in [0.717, 1.165) is 6.07 Å². The number of pyridine rings is 1. The number of benzene rings is 2. The lowest BCUT2D eigenvalue weighted by atomic mass is 10.0. The highest BCUT2D eigenvalue weighted by molar-refractivity contribution is 6.06. The van der Waals surface area contributed by atoms with E-state index in [-0.39, 0.29) is 16.3 Å². The number of halogens is 4. The normalized spacial score (nSPS) is 11.6. The van der Waals surface area contributed by atoms with Crippen molar-refractivity contribution in [2.45, 2.75) is 6.43 Å². The van der Waals surface area contributed by atoms with Gasteiger partial charge in [-0.15, -0.1) is 0 Å². The minimum atomic E-state index is -2.82. The predicted octanol–water partition coefficient (Wildman–Crippen LogP) is 4.60. The van der Waals surface area contributed by atoms with Gasteiger partial charge in [0.1, 0.15) is 17.0 Å². The van der Waals surface area contributed by atoms with Crippen molar-refractivity contribution >= 4 is 21.7 Å². The molecule has 19 heavy (non-hydrogen) atoms. The van der Waals surface area contributed by atoms with Gasteiger partial charge in [0.15, 0.2) is 5.82 Å². The van der Waals surface area contributed by atoms with Gasteiger partial charge in [-0.05, 0) is 11.5 Å². The van der Waals surface area contributed by atoms with Crippen LogP contribution >= 0.6 is 0 Å². The molecular weight excluding hydrogens is 258 g/mol. The van der Waals surface area contributed by atoms with Crippen molar-refractivity contribution in [3.63, 3.8) is 0 Å². The summed E-state index contributed by atoms with van der Waals surface area (Å²) in [5.74, 6) is -1.70. The Hall–Kier alpha value is -2.17. The van der Waals surface area contributed by atoms with E-state index in [0.29, 0.717) is 11.5 Å². The number of aromatic nitrogens is 1. The molecular formula is C14H7F4N. The van der Waals surface area contributed by atoms with E-state index >= 15 is 0 Å². The summed E-state index contributed by atoms with van der Waals surface area (Å²) in [6, 6.07) is 7.95. The summed E-state index contributed by atoms with van der Waals surface area (Å²) >= 11 is 0. The van der Waals surface area contributed by atoms with Crippen LogP contribution in [0.15, 0.2) is 36.4 Å². The van der Waals surface area contributed by atoms with Crippen molar-refractivity contribution in [1.29, 1.82) is 0 Å². The summed E-state index contributed by atoms with van der Waals surface area (Å²) in [6.45, 7) is 0. The standard InChI is InChI=1S/C14H7F4N/c15-7-5-10-8-3-1-2-4-9(8)13(14(17)18)19-12(10)11(16)6-7/h1-6,14H. The first-order valence-corrected chi connectivity index (χ1v) is 5.53. The molecule has 3 aromatic rings. The molecule has 96 valence electrons. The Morgan fingerprint density at radius 2 is 1.58 bits per heavy atom. The quantitative estimate of drug-likeness (QED) is 0.462. The molecule has 0 aliphatic heterocycles. The molecule has 0 saturated carbocycles. The second-order valence-electron chi connectivity index (χ2n) is 4.13. The zero-order valence-corrected chi connectivity index (χ0v) is 9.50. The molecule has 0 radical (unpaired) electrons. The molecule has 0 atom stereocenters. The summed E-state index contributed by atoms with van der Waals surface area (Å²) in [6.07, 6.45) is -2.82. The van der Waals surface area contributed by atoms with Crippen molar-refractivity contribution in [3.8, 4) is 0 Å². The molecule has 0 saturated heterocycles. The van der Waals surface area contributed by atoms with Crippen molar-refractivity contribution in [3.05, 3.63) is 53.7 Å². The smallest absolute Gasteiger partial charge is 0.243 e. The van der Waals surface area contributed by atoms with Gasteiger partial charge < -0.3 is 0 Å². The molecule has 0 aliphatic carbocycles. The number of alkyl halides is 2. The topological polar surface area (TPSA) is 12.9 Å². The van der Waals surface area contributed by atoms with Crippen molar-refractivity contribution in [2.24, 2.45) is 0 Å². The van der Waals surface area contributed by atoms with Crippen LogP contribution in [0, 0.1) is 11.6 Å². The second-order valence-corrected chi connectivity index (χ2v) is 4.13. The van der Waals surface area contributed by atoms with Crippen LogP contribution in [0.1, 0.15) is 12.1 Å². The highest BCUT2D eigenvalue weighted by Gasteiger charge is 2.18. The summed E-state index contributed by atoms with van der Waals surface area (Å²) < 4.78 is 52.9. The fourth-order valence-corrected chi connectivity index (χ4v) is 2.17. The molecule has 3 rings (SSSR count). The Balaban J connectivity index is 2.58. The Labute approximate surface area is 105 Å². The minimum Gasteiger partial charge on any atom is -0.243 e. The second kappa shape index (κ2) is 4.19. The first-order valence-electron chi connectivity index (χ1n) is 5.53. The fourth-order valence-electron chi connectivity index (χ4n) is 2.17. The third-order valence-electron chi connectivity index (χ3n) is 2.96. The Morgan fingerprint density at radius 3 is 2.26 bits per heavy atom. The van der Waals surface area contributed by atoms with Gasteiger partial charge in [-0.2, -0.15) is 0 Å². The van der Waals surface area contributed by atoms with Crippen LogP contribution in [0.25, 0.3) is 21.7 Å². The zero-order valence-electron chi connectivity index (χ0n) is 9.50. The van der Waals surface area contributed by atoms with Gasteiger partial charge in [0, 0.05) is 16.8 Å². The predicted molar refractivity (Wildman–Crippen MR) is 64.1 cm³/mol. The molecule has 0 bridgehead atoms. The summed E-state index contributed by atoms with van der Waals surface area (Å²) in [5, 5.41) is 0.758. The average Bonchev–Trinajstić information content (AvgIpc) is 2.37. The van der Waals surface area contributed by atoms with Gasteiger partial charge in [-0.3, -0.25) is 0 Å². The molecule has 0 amide bonds. The molecule has 0 N–H and O–H groups in total. The maximum atomic E-state index is 13.7. The summed E-state index contributed by atoms with van der Waals surface area (Å²) in [4.78, 5) is 3.65. The van der Waals surface area contributed by atoms with Crippen LogP contribution in [-0.2, 0) is 0 Å². The van der Waals surface area contributed by atoms with Gasteiger partial charge in [0.2, 0.25) is 0 Å². The largest absolute Gasteiger partial charge is 0.281 e. The van der Waals surface area contributed by atoms with Gasteiger partial charge >= 0.3 is 0 Å². The highest BCUT2D eigenvalue weighted by atomic mass is 19.3. The average molecular weight is 265 g/mol. The van der Waals surface area contributed by atoms with E-state index in [2.05, 4.69) is 4.98 Å². The maximum Gasteiger partial charge on any atom is 0.281 e. The van der Waals surface area contributed by atoms with E-state index < -0.39 is 23.8 Å². The van der Waals surface area contributed by atoms with Crippen molar-refractivity contribution in [2.75, 3.05) is 0 Å². The van der Waals surface area contributed by atoms with Crippen LogP contribution in [0.3, 0.4) is 0 Å². The van der Waals surface area contributed by atoms with Gasteiger partial charge in [-0.25, -0.2) is 22.5 Å². The van der Waals surface area contributed by atoms with Crippen molar-refractivity contribution in [1.82, 2.24) is 4.98 Å². The first kappa shape index (κ1) is 11.9. The van der Waals surface area contributed by atoms with E-state index in [9.17, 15) is 17.6 Å². The Kier molecular flexibility index (Phi) is 2.62. The molecule has 0 spiro atoms. The molecule has 0 aliphatic rings. The molecule has 1 nitrogen and oxygen atoms in total. The molecule has 5 heteroatoms. The molecule has 0 unspecified atom stereocenters. The number of nitrogens with zero attached hydrogens (tertiary/aromatic N) is 1. The summed E-state index contributed by atoms with van der Waals surface area (Å²) in [5.41, 5.74) is -0.732. The van der Waals surface area contributed by atoms with Crippen LogP contribution in [0.4, 0.5) is 17.6 Å². The van der Waals surface area contributed by atoms with E-state index in [1.807, 2.05) is 0 Å². The van der Waals surface area contributed by atoms with Crippen LogP contribution in [0.2, 0.25) is 0 Å². The molecule has 1 aromatic heterocycles. The summed E-state index contributed by atoms with van der Waals surface area (Å²) in [7, 11) is 0. The number of hydrogen-bond donors (Lipinski definition) is 0. The van der Waals surface area contributed by atoms with Gasteiger partial charge in [-0.1, -0.05) is 24.3 Å². The first-order chi connectivity index (χ1) is 9.08. The minimum absolute atomic E-state index is 0.192. The lowest BCUT2D eigenvalue weighted by Crippen LogP contribution is -1.96. The number of hydrogen-bond acceptors (Lipinski definition) is 1. The van der Waals surface area contributed by atoms with Crippen molar-refractivity contribution < 1.29 is 17.6 Å². The lowest BCUT2D eigenvalue weighted by Gasteiger charge is -2.09. The fraction of sp³-hybridized carbons (Fsp3) is 0.0714. The third kappa shape index (κ3) is 1.82. The highest BCUT2D eigenvalue weighted by Crippen LogP contribution is 2.32. The number of fused-ring (bicyclic) bond motifs is 3. The van der Waals surface area contributed by atoms with Crippen LogP contribution in [0.5, 0.6) is 0 Å². The van der Waals surface area contributed by atoms with Crippen LogP contribution < -0.4 is 0 Å². The Bertz CT molecular complexity index is 783. The van der Waals surface area contributed by atoms with E-state index in [4.69, 9.17) is 0 Å². The molecule has 0 fully saturated rings. The molecule has 1 heterocycles. The zero-order chi connectivity index (χ0) is 13.6. The van der Waals surface area contributed by atoms with E-state index in [1.54, 1.807) is 18.2 Å². The van der Waals surface area contributed by atoms with E-state index in [1.165, 1.54) is 6.07 Å². The monoisotopic (exact) mass is 265 g/mol.